The Balaban J connectivity index is 1.87. The van der Waals surface area contributed by atoms with E-state index in [4.69, 9.17) is 14.3 Å². The minimum Gasteiger partial charge on any atom is -0.497 e. The van der Waals surface area contributed by atoms with Crippen LogP contribution in [0.2, 0.25) is 0 Å². The van der Waals surface area contributed by atoms with Gasteiger partial charge in [0, 0.05) is 18.0 Å². The molecule has 8 heteroatoms. The number of benzene rings is 1. The molecule has 6 nitrogen and oxygen atoms in total. The fraction of sp³-hybridized carbons (Fsp3) is 0.125. The van der Waals surface area contributed by atoms with Crippen LogP contribution in [0.1, 0.15) is 10.4 Å². The number of hydrogen-bond acceptors (Lipinski definition) is 7. The van der Waals surface area contributed by atoms with Crippen molar-refractivity contribution in [3.8, 4) is 5.75 Å². The van der Waals surface area contributed by atoms with E-state index in [2.05, 4.69) is 0 Å². The molecule has 0 fully saturated rings. The van der Waals surface area contributed by atoms with E-state index in [1.54, 1.807) is 13.2 Å². The molecule has 2 aromatic heterocycles. The van der Waals surface area contributed by atoms with E-state index >= 15 is 0 Å². The smallest absolute Gasteiger partial charge is 0.351 e. The third-order valence-corrected chi connectivity index (χ3v) is 5.46. The topological polar surface area (TPSA) is 80.0 Å². The monoisotopic (exact) mass is 363 g/mol. The maximum absolute atomic E-state index is 11.6. The Kier molecular flexibility index (Phi) is 4.50. The van der Waals surface area contributed by atoms with Crippen LogP contribution >= 0.6 is 23.3 Å². The summed E-state index contributed by atoms with van der Waals surface area (Å²) >= 11 is 2.85. The molecule has 2 heterocycles. The predicted octanol–water partition coefficient (Wildman–Crippen LogP) is 3.70. The molecule has 0 amide bonds. The molecule has 0 bridgehead atoms. The van der Waals surface area contributed by atoms with Crippen LogP contribution in [-0.2, 0) is 0 Å². The third-order valence-electron chi connectivity index (χ3n) is 3.25. The van der Waals surface area contributed by atoms with Gasteiger partial charge in [-0.05, 0) is 42.3 Å². The highest BCUT2D eigenvalue weighted by Gasteiger charge is 2.16. The van der Waals surface area contributed by atoms with E-state index < -0.39 is 11.6 Å². The summed E-state index contributed by atoms with van der Waals surface area (Å²) in [5.74, 6) is -0.506. The van der Waals surface area contributed by atoms with E-state index in [0.29, 0.717) is 10.3 Å². The van der Waals surface area contributed by atoms with Crippen molar-refractivity contribution in [2.45, 2.75) is 4.90 Å². The molecule has 0 radical (unpaired) electrons. The normalized spacial score (nSPS) is 10.8. The zero-order valence-corrected chi connectivity index (χ0v) is 14.4. The Morgan fingerprint density at radius 3 is 2.62 bits per heavy atom. The molecule has 0 unspecified atom stereocenters. The van der Waals surface area contributed by atoms with Crippen LogP contribution in [0.4, 0.5) is 5.00 Å². The number of carbonyl (C=O) groups is 1. The van der Waals surface area contributed by atoms with E-state index in [1.807, 2.05) is 35.6 Å². The fourth-order valence-corrected chi connectivity index (χ4v) is 3.88. The third kappa shape index (κ3) is 3.24. The van der Waals surface area contributed by atoms with Crippen molar-refractivity contribution >= 4 is 44.5 Å². The molecule has 0 spiro atoms. The molecule has 1 N–H and O–H groups in total. The molecule has 0 aliphatic heterocycles. The summed E-state index contributed by atoms with van der Waals surface area (Å²) in [7, 11) is 3.50. The summed E-state index contributed by atoms with van der Waals surface area (Å²) < 4.78 is 12.8. The number of rotatable bonds is 5. The quantitative estimate of drug-likeness (QED) is 0.692. The lowest BCUT2D eigenvalue weighted by molar-refractivity contribution is 0.0692. The lowest BCUT2D eigenvalue weighted by Crippen LogP contribution is -2.12. The molecule has 3 rings (SSSR count). The maximum Gasteiger partial charge on any atom is 0.351 e. The van der Waals surface area contributed by atoms with E-state index in [9.17, 15) is 9.59 Å². The van der Waals surface area contributed by atoms with Crippen LogP contribution in [-0.4, -0.2) is 25.2 Å². The van der Waals surface area contributed by atoms with E-state index in [1.165, 1.54) is 29.4 Å². The van der Waals surface area contributed by atoms with Crippen molar-refractivity contribution in [3.63, 3.8) is 0 Å². The lowest BCUT2D eigenvalue weighted by Gasteiger charge is -2.15. The van der Waals surface area contributed by atoms with Crippen LogP contribution in [0.15, 0.2) is 50.5 Å². The standard InChI is InChI=1S/C16H13NO5S2/c1-17(24-10-5-3-9(21-2)4-6-10)14-8-12-13(23-14)7-11(15(18)19)16(20)22-12/h3-8H,1-2H3,(H,18,19). The highest BCUT2D eigenvalue weighted by atomic mass is 32.2. The Bertz CT molecular complexity index is 945. The number of ether oxygens (including phenoxy) is 1. The number of fused-ring (bicyclic) bond motifs is 1. The Morgan fingerprint density at radius 1 is 1.29 bits per heavy atom. The zero-order valence-electron chi connectivity index (χ0n) is 12.8. The van der Waals surface area contributed by atoms with Gasteiger partial charge in [0.05, 0.1) is 11.8 Å². The van der Waals surface area contributed by atoms with Gasteiger partial charge in [0.2, 0.25) is 0 Å². The first-order valence-corrected chi connectivity index (χ1v) is 8.43. The Morgan fingerprint density at radius 2 is 2.00 bits per heavy atom. The highest BCUT2D eigenvalue weighted by molar-refractivity contribution is 8.00. The number of methoxy groups -OCH3 is 1. The number of carboxylic acid groups (broad SMARTS) is 1. The van der Waals surface area contributed by atoms with E-state index in [0.717, 1.165) is 15.6 Å². The summed E-state index contributed by atoms with van der Waals surface area (Å²) in [6.45, 7) is 0. The average Bonchev–Trinajstić information content (AvgIpc) is 2.97. The van der Waals surface area contributed by atoms with Crippen LogP contribution in [0.25, 0.3) is 10.3 Å². The second-order valence-electron chi connectivity index (χ2n) is 4.83. The molecule has 3 aromatic rings. The largest absolute Gasteiger partial charge is 0.497 e. The van der Waals surface area contributed by atoms with Gasteiger partial charge in [-0.2, -0.15) is 0 Å². The number of anilines is 1. The Labute approximate surface area is 145 Å². The second-order valence-corrected chi connectivity index (χ2v) is 7.09. The van der Waals surface area contributed by atoms with Gasteiger partial charge >= 0.3 is 11.6 Å². The van der Waals surface area contributed by atoms with Crippen molar-refractivity contribution in [3.05, 3.63) is 52.4 Å². The van der Waals surface area contributed by atoms with Crippen LogP contribution < -0.4 is 14.7 Å². The molecule has 124 valence electrons. The molecule has 0 saturated carbocycles. The van der Waals surface area contributed by atoms with Gasteiger partial charge in [-0.1, -0.05) is 0 Å². The van der Waals surface area contributed by atoms with Gasteiger partial charge in [0.15, 0.2) is 5.58 Å². The van der Waals surface area contributed by atoms with Crippen molar-refractivity contribution < 1.29 is 19.1 Å². The van der Waals surface area contributed by atoms with Crippen molar-refractivity contribution in [1.82, 2.24) is 0 Å². The lowest BCUT2D eigenvalue weighted by atomic mass is 10.3. The number of hydrogen-bond donors (Lipinski definition) is 1. The van der Waals surface area contributed by atoms with Crippen LogP contribution in [0, 0.1) is 0 Å². The fourth-order valence-electron chi connectivity index (χ4n) is 2.04. The molecule has 0 aliphatic rings. The van der Waals surface area contributed by atoms with Crippen molar-refractivity contribution in [1.29, 1.82) is 0 Å². The second kappa shape index (κ2) is 6.58. The van der Waals surface area contributed by atoms with Gasteiger partial charge in [0.25, 0.3) is 0 Å². The van der Waals surface area contributed by atoms with Gasteiger partial charge in [-0.15, -0.1) is 11.3 Å². The first-order chi connectivity index (χ1) is 11.5. The first-order valence-electron chi connectivity index (χ1n) is 6.84. The minimum absolute atomic E-state index is 0.360. The molecule has 0 atom stereocenters. The number of carboxylic acids is 1. The summed E-state index contributed by atoms with van der Waals surface area (Å²) in [4.78, 5) is 23.7. The van der Waals surface area contributed by atoms with Gasteiger partial charge in [0.1, 0.15) is 16.3 Å². The number of thiophene rings is 1. The zero-order chi connectivity index (χ0) is 17.3. The van der Waals surface area contributed by atoms with Gasteiger partial charge < -0.3 is 18.6 Å². The maximum atomic E-state index is 11.6. The molecule has 0 aliphatic carbocycles. The molecule has 0 saturated heterocycles. The first kappa shape index (κ1) is 16.4. The summed E-state index contributed by atoms with van der Waals surface area (Å²) in [6, 6.07) is 10.7. The summed E-state index contributed by atoms with van der Waals surface area (Å²) in [6.07, 6.45) is 0. The molecule has 1 aromatic carbocycles. The summed E-state index contributed by atoms with van der Waals surface area (Å²) in [5, 5.41) is 9.84. The van der Waals surface area contributed by atoms with Crippen molar-refractivity contribution in [2.24, 2.45) is 0 Å². The SMILES string of the molecule is COc1ccc(SN(C)c2cc3oc(=O)c(C(=O)O)cc3s2)cc1. The number of nitrogens with zero attached hydrogens (tertiary/aromatic N) is 1. The number of aromatic carboxylic acids is 1. The van der Waals surface area contributed by atoms with Crippen LogP contribution in [0.5, 0.6) is 5.75 Å². The van der Waals surface area contributed by atoms with Crippen molar-refractivity contribution in [2.75, 3.05) is 18.5 Å². The van der Waals surface area contributed by atoms with Gasteiger partial charge in [-0.3, -0.25) is 0 Å². The average molecular weight is 363 g/mol. The molecule has 24 heavy (non-hydrogen) atoms. The minimum atomic E-state index is -1.29. The molecular weight excluding hydrogens is 350 g/mol. The van der Waals surface area contributed by atoms with Crippen LogP contribution in [0.3, 0.4) is 0 Å². The highest BCUT2D eigenvalue weighted by Crippen LogP contribution is 2.36. The summed E-state index contributed by atoms with van der Waals surface area (Å²) in [5.41, 5.74) is -0.821. The molecular formula is C16H13NO5S2. The van der Waals surface area contributed by atoms with Gasteiger partial charge in [-0.25, -0.2) is 9.59 Å². The Hall–Kier alpha value is -2.45. The predicted molar refractivity (Wildman–Crippen MR) is 94.6 cm³/mol. The van der Waals surface area contributed by atoms with E-state index in [-0.39, 0.29) is 5.56 Å².